The molecule has 1 saturated carbocycles. The van der Waals surface area contributed by atoms with E-state index in [9.17, 15) is 0 Å². The first kappa shape index (κ1) is 16.6. The third kappa shape index (κ3) is 4.19. The molecule has 5 heteroatoms. The second kappa shape index (κ2) is 7.56. The fourth-order valence-electron chi connectivity index (χ4n) is 2.37. The molecule has 0 unspecified atom stereocenters. The van der Waals surface area contributed by atoms with Gasteiger partial charge < -0.3 is 14.8 Å². The van der Waals surface area contributed by atoms with Gasteiger partial charge in [-0.3, -0.25) is 0 Å². The van der Waals surface area contributed by atoms with Crippen molar-refractivity contribution in [3.63, 3.8) is 0 Å². The minimum absolute atomic E-state index is 0.406. The Balaban J connectivity index is 1.82. The number of methoxy groups -OCH3 is 1. The van der Waals surface area contributed by atoms with Crippen LogP contribution < -0.4 is 14.8 Å². The summed E-state index contributed by atoms with van der Waals surface area (Å²) in [7, 11) is 1.66. The van der Waals surface area contributed by atoms with Crippen molar-refractivity contribution in [1.29, 1.82) is 0 Å². The first-order valence-electron chi connectivity index (χ1n) is 7.64. The molecular weight excluding hydrogens is 378 g/mol. The fraction of sp³-hybridized carbons (Fsp3) is 0.333. The van der Waals surface area contributed by atoms with Gasteiger partial charge in [-0.2, -0.15) is 0 Å². The van der Waals surface area contributed by atoms with Gasteiger partial charge in [-0.25, -0.2) is 0 Å². The highest BCUT2D eigenvalue weighted by atomic mass is 79.9. The number of halogens is 2. The topological polar surface area (TPSA) is 30.5 Å². The molecule has 0 aromatic heterocycles. The molecule has 0 heterocycles. The van der Waals surface area contributed by atoms with E-state index >= 15 is 0 Å². The standard InChI is InChI=1S/C18H19BrClNO2/c1-22-17-9-8-15(19)14(10-21-13-6-7-13)18(17)23-11-12-4-2-3-5-16(12)20/h2-5,8-9,13,21H,6-7,10-11H2,1H3. The van der Waals surface area contributed by atoms with Gasteiger partial charge in [0.05, 0.1) is 7.11 Å². The zero-order chi connectivity index (χ0) is 16.2. The summed E-state index contributed by atoms with van der Waals surface area (Å²) in [5, 5.41) is 4.23. The Morgan fingerprint density at radius 1 is 1.22 bits per heavy atom. The van der Waals surface area contributed by atoms with Crippen LogP contribution in [0.4, 0.5) is 0 Å². The molecule has 122 valence electrons. The maximum absolute atomic E-state index is 6.21. The van der Waals surface area contributed by atoms with Crippen molar-refractivity contribution in [2.24, 2.45) is 0 Å². The molecule has 1 fully saturated rings. The highest BCUT2D eigenvalue weighted by molar-refractivity contribution is 9.10. The average Bonchev–Trinajstić information content (AvgIpc) is 3.37. The lowest BCUT2D eigenvalue weighted by atomic mass is 10.1. The summed E-state index contributed by atoms with van der Waals surface area (Å²) in [4.78, 5) is 0. The molecule has 0 atom stereocenters. The molecule has 3 rings (SSSR count). The Kier molecular flexibility index (Phi) is 5.46. The van der Waals surface area contributed by atoms with Gasteiger partial charge in [0, 0.05) is 33.2 Å². The number of hydrogen-bond donors (Lipinski definition) is 1. The molecular formula is C18H19BrClNO2. The van der Waals surface area contributed by atoms with Gasteiger partial charge >= 0.3 is 0 Å². The molecule has 0 saturated heterocycles. The fourth-order valence-corrected chi connectivity index (χ4v) is 3.01. The lowest BCUT2D eigenvalue weighted by molar-refractivity contribution is 0.280. The maximum atomic E-state index is 6.21. The molecule has 3 nitrogen and oxygen atoms in total. The van der Waals surface area contributed by atoms with E-state index < -0.39 is 0 Å². The summed E-state index contributed by atoms with van der Waals surface area (Å²) in [5.41, 5.74) is 2.03. The molecule has 1 aliphatic carbocycles. The molecule has 2 aromatic rings. The van der Waals surface area contributed by atoms with Crippen LogP contribution in [0.1, 0.15) is 24.0 Å². The Morgan fingerprint density at radius 3 is 2.70 bits per heavy atom. The van der Waals surface area contributed by atoms with Crippen LogP contribution in [0.25, 0.3) is 0 Å². The van der Waals surface area contributed by atoms with E-state index in [4.69, 9.17) is 21.1 Å². The average molecular weight is 397 g/mol. The molecule has 23 heavy (non-hydrogen) atoms. The van der Waals surface area contributed by atoms with E-state index in [1.165, 1.54) is 12.8 Å². The second-order valence-corrected chi connectivity index (χ2v) is 6.85. The quantitative estimate of drug-likeness (QED) is 0.719. The SMILES string of the molecule is COc1ccc(Br)c(CNC2CC2)c1OCc1ccccc1Cl. The molecule has 1 N–H and O–H groups in total. The van der Waals surface area contributed by atoms with Gasteiger partial charge in [0.2, 0.25) is 0 Å². The van der Waals surface area contributed by atoms with Gasteiger partial charge in [0.15, 0.2) is 11.5 Å². The number of benzene rings is 2. The van der Waals surface area contributed by atoms with Gasteiger partial charge in [0.1, 0.15) is 6.61 Å². The Morgan fingerprint density at radius 2 is 2.00 bits per heavy atom. The molecule has 0 amide bonds. The summed E-state index contributed by atoms with van der Waals surface area (Å²) in [6.07, 6.45) is 2.49. The van der Waals surface area contributed by atoms with E-state index in [-0.39, 0.29) is 0 Å². The van der Waals surface area contributed by atoms with Crippen LogP contribution >= 0.6 is 27.5 Å². The van der Waals surface area contributed by atoms with Gasteiger partial charge in [-0.15, -0.1) is 0 Å². The normalized spacial score (nSPS) is 13.9. The number of ether oxygens (including phenoxy) is 2. The monoisotopic (exact) mass is 395 g/mol. The van der Waals surface area contributed by atoms with E-state index in [2.05, 4.69) is 21.2 Å². The molecule has 1 aliphatic rings. The van der Waals surface area contributed by atoms with E-state index in [1.54, 1.807) is 7.11 Å². The molecule has 0 radical (unpaired) electrons. The predicted molar refractivity (Wildman–Crippen MR) is 96.3 cm³/mol. The van der Waals surface area contributed by atoms with Crippen LogP contribution in [0.5, 0.6) is 11.5 Å². The first-order valence-corrected chi connectivity index (χ1v) is 8.81. The van der Waals surface area contributed by atoms with Crippen LogP contribution in [-0.2, 0) is 13.2 Å². The van der Waals surface area contributed by atoms with Crippen LogP contribution in [0.3, 0.4) is 0 Å². The van der Waals surface area contributed by atoms with Crippen LogP contribution in [0.2, 0.25) is 5.02 Å². The second-order valence-electron chi connectivity index (χ2n) is 5.59. The molecule has 0 bridgehead atoms. The third-order valence-corrected chi connectivity index (χ3v) is 4.97. The smallest absolute Gasteiger partial charge is 0.167 e. The van der Waals surface area contributed by atoms with Crippen molar-refractivity contribution >= 4 is 27.5 Å². The van der Waals surface area contributed by atoms with Crippen LogP contribution in [-0.4, -0.2) is 13.2 Å². The van der Waals surface area contributed by atoms with Crippen molar-refractivity contribution in [2.45, 2.75) is 32.0 Å². The van der Waals surface area contributed by atoms with E-state index in [1.807, 2.05) is 36.4 Å². The van der Waals surface area contributed by atoms with Crippen molar-refractivity contribution < 1.29 is 9.47 Å². The van der Waals surface area contributed by atoms with Crippen molar-refractivity contribution in [3.05, 3.63) is 57.0 Å². The van der Waals surface area contributed by atoms with Gasteiger partial charge in [0.25, 0.3) is 0 Å². The number of hydrogen-bond acceptors (Lipinski definition) is 3. The summed E-state index contributed by atoms with van der Waals surface area (Å²) < 4.78 is 12.6. The maximum Gasteiger partial charge on any atom is 0.167 e. The van der Waals surface area contributed by atoms with Crippen molar-refractivity contribution in [3.8, 4) is 11.5 Å². The summed E-state index contributed by atoms with van der Waals surface area (Å²) in [6, 6.07) is 12.2. The summed E-state index contributed by atoms with van der Waals surface area (Å²) in [6.45, 7) is 1.16. The summed E-state index contributed by atoms with van der Waals surface area (Å²) >= 11 is 9.83. The van der Waals surface area contributed by atoms with Crippen LogP contribution in [0.15, 0.2) is 40.9 Å². The molecule has 0 aliphatic heterocycles. The highest BCUT2D eigenvalue weighted by Gasteiger charge is 2.22. The predicted octanol–water partition coefficient (Wildman–Crippen LogP) is 4.94. The van der Waals surface area contributed by atoms with Gasteiger partial charge in [-0.1, -0.05) is 45.7 Å². The van der Waals surface area contributed by atoms with Crippen LogP contribution in [0, 0.1) is 0 Å². The number of rotatable bonds is 7. The lowest BCUT2D eigenvalue weighted by Gasteiger charge is -2.17. The van der Waals surface area contributed by atoms with Crippen molar-refractivity contribution in [1.82, 2.24) is 5.32 Å². The largest absolute Gasteiger partial charge is 0.493 e. The Bertz CT molecular complexity index is 689. The van der Waals surface area contributed by atoms with E-state index in [0.29, 0.717) is 17.7 Å². The van der Waals surface area contributed by atoms with Crippen molar-refractivity contribution in [2.75, 3.05) is 7.11 Å². The molecule has 0 spiro atoms. The number of nitrogens with one attached hydrogen (secondary N) is 1. The highest BCUT2D eigenvalue weighted by Crippen LogP contribution is 2.37. The zero-order valence-corrected chi connectivity index (χ0v) is 15.3. The van der Waals surface area contributed by atoms with Gasteiger partial charge in [-0.05, 0) is 31.0 Å². The Hall–Kier alpha value is -1.23. The minimum Gasteiger partial charge on any atom is -0.493 e. The zero-order valence-electron chi connectivity index (χ0n) is 12.9. The molecule has 2 aromatic carbocycles. The first-order chi connectivity index (χ1) is 11.2. The Labute approximate surface area is 150 Å². The summed E-state index contributed by atoms with van der Waals surface area (Å²) in [5.74, 6) is 1.49. The minimum atomic E-state index is 0.406. The van der Waals surface area contributed by atoms with E-state index in [0.717, 1.165) is 33.6 Å². The lowest BCUT2D eigenvalue weighted by Crippen LogP contribution is -2.17. The third-order valence-electron chi connectivity index (χ3n) is 3.86.